The minimum absolute atomic E-state index is 1.18. The molecule has 1 nitrogen and oxygen atoms in total. The highest BCUT2D eigenvalue weighted by atomic mass is 14.7. The highest BCUT2D eigenvalue weighted by molar-refractivity contribution is 6.09. The van der Waals surface area contributed by atoms with Gasteiger partial charge in [-0.15, -0.1) is 0 Å². The van der Waals surface area contributed by atoms with E-state index >= 15 is 0 Å². The van der Waals surface area contributed by atoms with E-state index < -0.39 is 0 Å². The molecule has 0 spiro atoms. The van der Waals surface area contributed by atoms with Crippen molar-refractivity contribution in [1.82, 2.24) is 4.98 Å². The van der Waals surface area contributed by atoms with Gasteiger partial charge in [-0.2, -0.15) is 0 Å². The molecule has 0 fully saturated rings. The first-order valence-electron chi connectivity index (χ1n) is 9.37. The molecule has 4 aromatic carbocycles. The molecular formula is C26H21N. The first kappa shape index (κ1) is 15.9. The number of aromatic nitrogens is 1. The summed E-state index contributed by atoms with van der Waals surface area (Å²) in [5.41, 5.74) is 8.66. The Balaban J connectivity index is 1.86. The lowest BCUT2D eigenvalue weighted by Crippen LogP contribution is -1.84. The topological polar surface area (TPSA) is 15.8 Å². The maximum atomic E-state index is 3.71. The first-order chi connectivity index (χ1) is 13.2. The number of fused-ring (bicyclic) bond motifs is 2. The van der Waals surface area contributed by atoms with E-state index in [1.54, 1.807) is 0 Å². The Bertz CT molecular complexity index is 1260. The van der Waals surface area contributed by atoms with Crippen molar-refractivity contribution in [2.75, 3.05) is 0 Å². The third kappa shape index (κ3) is 2.72. The molecule has 5 rings (SSSR count). The molecule has 0 unspecified atom stereocenters. The van der Waals surface area contributed by atoms with Crippen LogP contribution < -0.4 is 0 Å². The Morgan fingerprint density at radius 2 is 1.15 bits per heavy atom. The van der Waals surface area contributed by atoms with Gasteiger partial charge in [0.05, 0.1) is 5.69 Å². The van der Waals surface area contributed by atoms with Crippen molar-refractivity contribution in [2.45, 2.75) is 13.8 Å². The van der Waals surface area contributed by atoms with Crippen LogP contribution in [0.25, 0.3) is 44.1 Å². The van der Waals surface area contributed by atoms with E-state index in [1.165, 1.54) is 55.2 Å². The monoisotopic (exact) mass is 347 g/mol. The summed E-state index contributed by atoms with van der Waals surface area (Å²) in [6.07, 6.45) is 0. The standard InChI is InChI=1S/C26H21N/c1-17-7-11-19(12-8-17)25-23-15-21-5-3-4-6-22(21)16-24(23)27-26(25)20-13-9-18(2)10-14-20/h3-16,27H,1-2H3. The summed E-state index contributed by atoms with van der Waals surface area (Å²) < 4.78 is 0. The molecule has 0 bridgehead atoms. The van der Waals surface area contributed by atoms with Gasteiger partial charge in [0.25, 0.3) is 0 Å². The number of rotatable bonds is 2. The van der Waals surface area contributed by atoms with Crippen LogP contribution in [0.1, 0.15) is 11.1 Å². The summed E-state index contributed by atoms with van der Waals surface area (Å²) in [6, 6.07) is 30.7. The average molecular weight is 347 g/mol. The maximum absolute atomic E-state index is 3.71. The number of hydrogen-bond donors (Lipinski definition) is 1. The van der Waals surface area contributed by atoms with Crippen molar-refractivity contribution in [2.24, 2.45) is 0 Å². The summed E-state index contributed by atoms with van der Waals surface area (Å²) >= 11 is 0. The zero-order valence-corrected chi connectivity index (χ0v) is 15.6. The summed E-state index contributed by atoms with van der Waals surface area (Å²) in [4.78, 5) is 3.71. The molecule has 0 aliphatic carbocycles. The molecule has 1 N–H and O–H groups in total. The summed E-state index contributed by atoms with van der Waals surface area (Å²) in [7, 11) is 0. The Hall–Kier alpha value is -3.32. The van der Waals surface area contributed by atoms with Gasteiger partial charge < -0.3 is 4.98 Å². The highest BCUT2D eigenvalue weighted by Gasteiger charge is 2.15. The van der Waals surface area contributed by atoms with Crippen LogP contribution in [0.3, 0.4) is 0 Å². The minimum Gasteiger partial charge on any atom is -0.354 e. The number of aromatic amines is 1. The van der Waals surface area contributed by atoms with Gasteiger partial charge in [0.1, 0.15) is 0 Å². The fraction of sp³-hybridized carbons (Fsp3) is 0.0769. The van der Waals surface area contributed by atoms with Gasteiger partial charge in [0.2, 0.25) is 0 Å². The van der Waals surface area contributed by atoms with Crippen LogP contribution in [0.5, 0.6) is 0 Å². The molecule has 0 amide bonds. The second-order valence-electron chi connectivity index (χ2n) is 7.35. The fourth-order valence-electron chi connectivity index (χ4n) is 3.84. The van der Waals surface area contributed by atoms with Crippen LogP contribution in [0.4, 0.5) is 0 Å². The van der Waals surface area contributed by atoms with Crippen molar-refractivity contribution in [3.05, 3.63) is 96.1 Å². The number of hydrogen-bond acceptors (Lipinski definition) is 0. The van der Waals surface area contributed by atoms with Crippen molar-refractivity contribution < 1.29 is 0 Å². The number of H-pyrrole nitrogens is 1. The van der Waals surface area contributed by atoms with Gasteiger partial charge in [0, 0.05) is 16.5 Å². The Labute approximate surface area is 159 Å². The molecule has 130 valence electrons. The predicted octanol–water partition coefficient (Wildman–Crippen LogP) is 7.27. The number of nitrogens with one attached hydrogen (secondary N) is 1. The van der Waals surface area contributed by atoms with Crippen LogP contribution in [0, 0.1) is 13.8 Å². The summed E-state index contributed by atoms with van der Waals surface area (Å²) in [5, 5.41) is 3.80. The van der Waals surface area contributed by atoms with E-state index in [4.69, 9.17) is 0 Å². The molecule has 0 aliphatic rings. The zero-order chi connectivity index (χ0) is 18.4. The molecule has 27 heavy (non-hydrogen) atoms. The van der Waals surface area contributed by atoms with Crippen molar-refractivity contribution >= 4 is 21.7 Å². The minimum atomic E-state index is 1.18. The van der Waals surface area contributed by atoms with E-state index in [0.717, 1.165) is 0 Å². The van der Waals surface area contributed by atoms with Crippen molar-refractivity contribution in [1.29, 1.82) is 0 Å². The maximum Gasteiger partial charge on any atom is 0.0544 e. The van der Waals surface area contributed by atoms with E-state index in [0.29, 0.717) is 0 Å². The average Bonchev–Trinajstić information content (AvgIpc) is 3.05. The largest absolute Gasteiger partial charge is 0.354 e. The Morgan fingerprint density at radius 3 is 1.78 bits per heavy atom. The molecule has 1 heteroatoms. The summed E-state index contributed by atoms with van der Waals surface area (Å²) in [6.45, 7) is 4.26. The zero-order valence-electron chi connectivity index (χ0n) is 15.6. The quantitative estimate of drug-likeness (QED) is 0.345. The van der Waals surface area contributed by atoms with Gasteiger partial charge in [-0.3, -0.25) is 0 Å². The molecule has 0 radical (unpaired) electrons. The van der Waals surface area contributed by atoms with Crippen LogP contribution in [-0.2, 0) is 0 Å². The van der Waals surface area contributed by atoms with Crippen molar-refractivity contribution in [3.8, 4) is 22.4 Å². The van der Waals surface area contributed by atoms with Crippen molar-refractivity contribution in [3.63, 3.8) is 0 Å². The molecule has 1 heterocycles. The number of aryl methyl sites for hydroxylation is 2. The normalized spacial score (nSPS) is 11.3. The lowest BCUT2D eigenvalue weighted by atomic mass is 9.96. The first-order valence-corrected chi connectivity index (χ1v) is 9.37. The van der Waals surface area contributed by atoms with Gasteiger partial charge in [-0.1, -0.05) is 83.9 Å². The highest BCUT2D eigenvalue weighted by Crippen LogP contribution is 2.40. The molecule has 0 aliphatic heterocycles. The lowest BCUT2D eigenvalue weighted by Gasteiger charge is -2.07. The Morgan fingerprint density at radius 1 is 0.593 bits per heavy atom. The molecule has 0 saturated carbocycles. The van der Waals surface area contributed by atoms with Crippen LogP contribution >= 0.6 is 0 Å². The van der Waals surface area contributed by atoms with E-state index in [-0.39, 0.29) is 0 Å². The Kier molecular flexibility index (Phi) is 3.61. The third-order valence-corrected chi connectivity index (χ3v) is 5.35. The lowest BCUT2D eigenvalue weighted by molar-refractivity contribution is 1.42. The van der Waals surface area contributed by atoms with Gasteiger partial charge >= 0.3 is 0 Å². The smallest absolute Gasteiger partial charge is 0.0544 e. The van der Waals surface area contributed by atoms with E-state index in [9.17, 15) is 0 Å². The van der Waals surface area contributed by atoms with Crippen LogP contribution in [0.15, 0.2) is 84.9 Å². The van der Waals surface area contributed by atoms with E-state index in [1.807, 2.05) is 0 Å². The molecule has 0 saturated heterocycles. The number of benzene rings is 4. The molecule has 0 atom stereocenters. The molecule has 5 aromatic rings. The van der Waals surface area contributed by atoms with Gasteiger partial charge in [-0.05, 0) is 47.9 Å². The van der Waals surface area contributed by atoms with Crippen LogP contribution in [0.2, 0.25) is 0 Å². The van der Waals surface area contributed by atoms with Crippen LogP contribution in [-0.4, -0.2) is 4.98 Å². The van der Waals surface area contributed by atoms with Gasteiger partial charge in [0.15, 0.2) is 0 Å². The third-order valence-electron chi connectivity index (χ3n) is 5.35. The second-order valence-corrected chi connectivity index (χ2v) is 7.35. The second kappa shape index (κ2) is 6.14. The van der Waals surface area contributed by atoms with E-state index in [2.05, 4.69) is 104 Å². The SMILES string of the molecule is Cc1ccc(-c2[nH]c3cc4ccccc4cc3c2-c2ccc(C)cc2)cc1. The van der Waals surface area contributed by atoms with Gasteiger partial charge in [-0.25, -0.2) is 0 Å². The fourth-order valence-corrected chi connectivity index (χ4v) is 3.84. The summed E-state index contributed by atoms with van der Waals surface area (Å²) in [5.74, 6) is 0. The molecule has 1 aromatic heterocycles. The molecular weight excluding hydrogens is 326 g/mol. The predicted molar refractivity (Wildman–Crippen MR) is 116 cm³/mol.